The van der Waals surface area contributed by atoms with Gasteiger partial charge < -0.3 is 4.42 Å². The molecule has 0 saturated heterocycles. The maximum absolute atomic E-state index is 13.0. The lowest BCUT2D eigenvalue weighted by Crippen LogP contribution is -2.05. The van der Waals surface area contributed by atoms with E-state index >= 15 is 0 Å². The van der Waals surface area contributed by atoms with Crippen molar-refractivity contribution < 1.29 is 17.6 Å². The lowest BCUT2D eigenvalue weighted by Gasteiger charge is -2.12. The van der Waals surface area contributed by atoms with E-state index in [0.717, 1.165) is 12.1 Å². The smallest absolute Gasteiger partial charge is 0.416 e. The fourth-order valence-corrected chi connectivity index (χ4v) is 3.29. The van der Waals surface area contributed by atoms with E-state index in [1.54, 1.807) is 25.1 Å². The van der Waals surface area contributed by atoms with Crippen molar-refractivity contribution in [3.8, 4) is 11.1 Å². The number of hydrogen-bond acceptors (Lipinski definition) is 2. The van der Waals surface area contributed by atoms with Crippen molar-refractivity contribution in [2.24, 2.45) is 0 Å². The van der Waals surface area contributed by atoms with Gasteiger partial charge >= 0.3 is 6.18 Å². The first-order valence-corrected chi connectivity index (χ1v) is 8.06. The number of fused-ring (bicyclic) bond motifs is 1. The number of aromatic nitrogens is 1. The summed E-state index contributed by atoms with van der Waals surface area (Å²) in [5, 5.41) is 0. The van der Waals surface area contributed by atoms with Crippen molar-refractivity contribution in [1.29, 1.82) is 0 Å². The molecule has 0 aliphatic rings. The van der Waals surface area contributed by atoms with Crippen molar-refractivity contribution in [3.05, 3.63) is 49.8 Å². The van der Waals surface area contributed by atoms with Crippen LogP contribution >= 0.6 is 38.5 Å². The summed E-state index contributed by atoms with van der Waals surface area (Å²) >= 11 is 5.34. The quantitative estimate of drug-likeness (QED) is 0.387. The molecule has 0 N–H and O–H groups in total. The van der Waals surface area contributed by atoms with E-state index in [1.807, 2.05) is 22.6 Å². The molecular formula is C15H8BrF3INO. The topological polar surface area (TPSA) is 26.0 Å². The molecule has 7 heteroatoms. The number of halogens is 5. The monoisotopic (exact) mass is 481 g/mol. The van der Waals surface area contributed by atoms with Crippen molar-refractivity contribution >= 4 is 49.6 Å². The third-order valence-electron chi connectivity index (χ3n) is 3.17. The number of nitrogens with zero attached hydrogens (tertiary/aromatic N) is 1. The average Bonchev–Trinajstić information content (AvgIpc) is 2.75. The van der Waals surface area contributed by atoms with E-state index in [1.165, 1.54) is 0 Å². The highest BCUT2D eigenvalue weighted by atomic mass is 127. The fourth-order valence-electron chi connectivity index (χ4n) is 2.24. The highest BCUT2D eigenvalue weighted by Crippen LogP contribution is 2.37. The Hall–Kier alpha value is -1.09. The SMILES string of the molecule is Cc1cc(-c2cc3nc(I)oc3cc2Br)cc(C(F)(F)F)c1. The van der Waals surface area contributed by atoms with Crippen LogP contribution in [0.1, 0.15) is 11.1 Å². The molecule has 0 amide bonds. The molecule has 3 rings (SSSR count). The molecule has 0 fully saturated rings. The van der Waals surface area contributed by atoms with Crippen LogP contribution < -0.4 is 0 Å². The number of benzene rings is 2. The Morgan fingerprint density at radius 1 is 1.14 bits per heavy atom. The molecule has 1 heterocycles. The van der Waals surface area contributed by atoms with Gasteiger partial charge in [-0.05, 0) is 47.9 Å². The lowest BCUT2D eigenvalue weighted by molar-refractivity contribution is -0.137. The van der Waals surface area contributed by atoms with Crippen LogP contribution in [0, 0.1) is 10.8 Å². The second-order valence-electron chi connectivity index (χ2n) is 4.85. The molecule has 0 unspecified atom stereocenters. The number of rotatable bonds is 1. The molecule has 0 saturated carbocycles. The van der Waals surface area contributed by atoms with Crippen LogP contribution in [0.25, 0.3) is 22.2 Å². The van der Waals surface area contributed by atoms with E-state index in [9.17, 15) is 13.2 Å². The third kappa shape index (κ3) is 3.01. The van der Waals surface area contributed by atoms with Gasteiger partial charge in [-0.3, -0.25) is 0 Å². The first kappa shape index (κ1) is 15.8. The van der Waals surface area contributed by atoms with Gasteiger partial charge in [-0.15, -0.1) is 0 Å². The molecule has 114 valence electrons. The number of hydrogen-bond donors (Lipinski definition) is 0. The van der Waals surface area contributed by atoms with Gasteiger partial charge in [0, 0.05) is 27.1 Å². The summed E-state index contributed by atoms with van der Waals surface area (Å²) < 4.78 is 45.5. The van der Waals surface area contributed by atoms with Crippen LogP contribution in [0.15, 0.2) is 39.2 Å². The van der Waals surface area contributed by atoms with Gasteiger partial charge in [0.15, 0.2) is 5.58 Å². The van der Waals surface area contributed by atoms with Crippen molar-refractivity contribution in [2.45, 2.75) is 13.1 Å². The first-order chi connectivity index (χ1) is 10.2. The summed E-state index contributed by atoms with van der Waals surface area (Å²) in [6, 6.07) is 7.43. The average molecular weight is 482 g/mol. The summed E-state index contributed by atoms with van der Waals surface area (Å²) in [5.74, 6) is 0. The Labute approximate surface area is 146 Å². The number of alkyl halides is 3. The summed E-state index contributed by atoms with van der Waals surface area (Å²) in [5.41, 5.74) is 2.21. The lowest BCUT2D eigenvalue weighted by atomic mass is 9.99. The maximum atomic E-state index is 13.0. The molecular weight excluding hydrogens is 474 g/mol. The Morgan fingerprint density at radius 2 is 1.86 bits per heavy atom. The van der Waals surface area contributed by atoms with Crippen LogP contribution in [-0.2, 0) is 6.18 Å². The van der Waals surface area contributed by atoms with Crippen LogP contribution in [0.2, 0.25) is 0 Å². The largest absolute Gasteiger partial charge is 0.432 e. The summed E-state index contributed by atoms with van der Waals surface area (Å²) in [6.07, 6.45) is -4.37. The van der Waals surface area contributed by atoms with E-state index in [4.69, 9.17) is 4.42 Å². The molecule has 2 aromatic carbocycles. The molecule has 0 radical (unpaired) electrons. The zero-order valence-corrected chi connectivity index (χ0v) is 14.9. The zero-order chi connectivity index (χ0) is 16.1. The van der Waals surface area contributed by atoms with E-state index in [2.05, 4.69) is 20.9 Å². The van der Waals surface area contributed by atoms with Crippen molar-refractivity contribution in [1.82, 2.24) is 4.98 Å². The van der Waals surface area contributed by atoms with Crippen molar-refractivity contribution in [2.75, 3.05) is 0 Å². The highest BCUT2D eigenvalue weighted by molar-refractivity contribution is 14.1. The third-order valence-corrected chi connectivity index (χ3v) is 4.28. The van der Waals surface area contributed by atoms with Crippen LogP contribution in [0.5, 0.6) is 0 Å². The van der Waals surface area contributed by atoms with Crippen molar-refractivity contribution in [3.63, 3.8) is 0 Å². The molecule has 0 spiro atoms. The number of oxazole rings is 1. The van der Waals surface area contributed by atoms with Gasteiger partial charge in [0.25, 0.3) is 3.90 Å². The van der Waals surface area contributed by atoms with Gasteiger partial charge in [0.1, 0.15) is 5.52 Å². The second kappa shape index (κ2) is 5.52. The molecule has 3 aromatic rings. The zero-order valence-electron chi connectivity index (χ0n) is 11.1. The Morgan fingerprint density at radius 3 is 2.55 bits per heavy atom. The molecule has 0 bridgehead atoms. The van der Waals surface area contributed by atoms with Gasteiger partial charge in [-0.1, -0.05) is 22.0 Å². The number of aryl methyl sites for hydroxylation is 1. The Kier molecular flexibility index (Phi) is 3.96. The minimum absolute atomic E-state index is 0.483. The van der Waals surface area contributed by atoms with Crippen LogP contribution in [-0.4, -0.2) is 4.98 Å². The minimum atomic E-state index is -4.37. The van der Waals surface area contributed by atoms with E-state index in [0.29, 0.717) is 36.2 Å². The van der Waals surface area contributed by atoms with Gasteiger partial charge in [0.2, 0.25) is 0 Å². The molecule has 0 aliphatic carbocycles. The summed E-state index contributed by atoms with van der Waals surface area (Å²) in [7, 11) is 0. The Bertz CT molecular complexity index is 873. The summed E-state index contributed by atoms with van der Waals surface area (Å²) in [6.45, 7) is 1.64. The Balaban J connectivity index is 2.22. The van der Waals surface area contributed by atoms with Gasteiger partial charge in [-0.2, -0.15) is 13.2 Å². The summed E-state index contributed by atoms with van der Waals surface area (Å²) in [4.78, 5) is 4.21. The van der Waals surface area contributed by atoms with E-state index < -0.39 is 11.7 Å². The molecule has 0 atom stereocenters. The predicted octanol–water partition coefficient (Wildman–Crippen LogP) is 6.19. The highest BCUT2D eigenvalue weighted by Gasteiger charge is 2.31. The molecule has 2 nitrogen and oxygen atoms in total. The van der Waals surface area contributed by atoms with E-state index in [-0.39, 0.29) is 0 Å². The maximum Gasteiger partial charge on any atom is 0.416 e. The second-order valence-corrected chi connectivity index (χ2v) is 6.63. The minimum Gasteiger partial charge on any atom is -0.432 e. The first-order valence-electron chi connectivity index (χ1n) is 6.19. The van der Waals surface area contributed by atoms with Crippen LogP contribution in [0.4, 0.5) is 13.2 Å². The van der Waals surface area contributed by atoms with Crippen LogP contribution in [0.3, 0.4) is 0 Å². The van der Waals surface area contributed by atoms with Gasteiger partial charge in [-0.25, -0.2) is 4.98 Å². The fraction of sp³-hybridized carbons (Fsp3) is 0.133. The molecule has 0 aliphatic heterocycles. The molecule has 1 aromatic heterocycles. The standard InChI is InChI=1S/C15H8BrF3INO/c1-7-2-8(4-9(3-7)15(17,18)19)10-5-12-13(6-11(10)16)22-14(20)21-12/h2-6H,1H3. The molecule has 22 heavy (non-hydrogen) atoms. The van der Waals surface area contributed by atoms with Gasteiger partial charge in [0.05, 0.1) is 5.56 Å². The normalized spacial score (nSPS) is 12.1. The predicted molar refractivity (Wildman–Crippen MR) is 89.6 cm³/mol.